The summed E-state index contributed by atoms with van der Waals surface area (Å²) in [6.07, 6.45) is 0. The number of hydrogen-bond acceptors (Lipinski definition) is 1. The van der Waals surface area contributed by atoms with Crippen molar-refractivity contribution in [1.29, 1.82) is 0 Å². The number of rotatable bonds is 5. The molecule has 0 radical (unpaired) electrons. The van der Waals surface area contributed by atoms with Crippen molar-refractivity contribution in [3.8, 4) is 61.6 Å². The minimum Gasteiger partial charge on any atom is -0.292 e. The maximum Gasteiger partial charge on any atom is 0.145 e. The van der Waals surface area contributed by atoms with Gasteiger partial charge in [0.1, 0.15) is 5.82 Å². The quantitative estimate of drug-likeness (QED) is 0.124. The van der Waals surface area contributed by atoms with Crippen molar-refractivity contribution in [2.75, 3.05) is 0 Å². The zero-order valence-corrected chi connectivity index (χ0v) is 39.1. The molecule has 0 aliphatic heterocycles. The minimum atomic E-state index is -0.453. The molecular weight excluding hydrogens is 869 g/mol. The lowest BCUT2D eigenvalue weighted by Crippen LogP contribution is -2.26. The predicted octanol–water partition coefficient (Wildman–Crippen LogP) is 18.1. The van der Waals surface area contributed by atoms with Crippen LogP contribution in [0, 0.1) is 0 Å². The molecule has 0 unspecified atom stereocenters. The molecule has 72 heavy (non-hydrogen) atoms. The van der Waals surface area contributed by atoms with Gasteiger partial charge in [0.05, 0.1) is 16.4 Å². The summed E-state index contributed by atoms with van der Waals surface area (Å²) in [5.41, 5.74) is 19.2. The molecule has 0 bridgehead atoms. The fraction of sp³-hybridized carbons (Fsp3) is 0.0143. The van der Waals surface area contributed by atoms with Crippen molar-refractivity contribution in [1.82, 2.24) is 9.55 Å². The Morgan fingerprint density at radius 3 is 1.67 bits per heavy atom. The molecule has 0 N–H and O–H groups in total. The Hall–Kier alpha value is -9.37. The molecule has 0 amide bonds. The predicted molar refractivity (Wildman–Crippen MR) is 301 cm³/mol. The van der Waals surface area contributed by atoms with Crippen LogP contribution < -0.4 is 0 Å². The van der Waals surface area contributed by atoms with Crippen molar-refractivity contribution in [3.05, 3.63) is 277 Å². The van der Waals surface area contributed by atoms with Gasteiger partial charge in [-0.15, -0.1) is 0 Å². The van der Waals surface area contributed by atoms with E-state index < -0.39 is 5.41 Å². The Kier molecular flexibility index (Phi) is 8.13. The first kappa shape index (κ1) is 39.5. The fourth-order valence-corrected chi connectivity index (χ4v) is 13.2. The molecule has 2 aliphatic carbocycles. The van der Waals surface area contributed by atoms with E-state index in [2.05, 4.69) is 259 Å². The highest BCUT2D eigenvalue weighted by Crippen LogP contribution is 2.63. The van der Waals surface area contributed by atoms with Crippen LogP contribution >= 0.6 is 0 Å². The monoisotopic (exact) mass is 910 g/mol. The third-order valence-electron chi connectivity index (χ3n) is 16.1. The highest BCUT2D eigenvalue weighted by molar-refractivity contribution is 6.24. The summed E-state index contributed by atoms with van der Waals surface area (Å²) in [4.78, 5) is 5.19. The number of hydrogen-bond donors (Lipinski definition) is 0. The van der Waals surface area contributed by atoms with Crippen LogP contribution in [0.25, 0.3) is 126 Å². The Balaban J connectivity index is 0.949. The lowest BCUT2D eigenvalue weighted by atomic mass is 9.69. The topological polar surface area (TPSA) is 17.8 Å². The van der Waals surface area contributed by atoms with Gasteiger partial charge in [0.2, 0.25) is 0 Å². The smallest absolute Gasteiger partial charge is 0.145 e. The summed E-state index contributed by atoms with van der Waals surface area (Å²) in [7, 11) is 0. The summed E-state index contributed by atoms with van der Waals surface area (Å²) >= 11 is 0. The van der Waals surface area contributed by atoms with Crippen LogP contribution in [0.5, 0.6) is 0 Å². The third-order valence-corrected chi connectivity index (χ3v) is 16.1. The van der Waals surface area contributed by atoms with Gasteiger partial charge in [-0.3, -0.25) is 4.57 Å². The number of fused-ring (bicyclic) bond motifs is 11. The van der Waals surface area contributed by atoms with Gasteiger partial charge >= 0.3 is 0 Å². The van der Waals surface area contributed by atoms with Crippen LogP contribution in [-0.4, -0.2) is 9.55 Å². The summed E-state index contributed by atoms with van der Waals surface area (Å²) in [5.74, 6) is 0.927. The van der Waals surface area contributed by atoms with E-state index >= 15 is 0 Å². The van der Waals surface area contributed by atoms with Crippen LogP contribution in [0.1, 0.15) is 22.3 Å². The van der Waals surface area contributed by atoms with E-state index in [0.29, 0.717) is 0 Å². The van der Waals surface area contributed by atoms with Gasteiger partial charge in [-0.2, -0.15) is 0 Å². The number of aromatic nitrogens is 2. The lowest BCUT2D eigenvalue weighted by Gasteiger charge is -2.31. The van der Waals surface area contributed by atoms with Crippen molar-refractivity contribution in [2.24, 2.45) is 0 Å². The summed E-state index contributed by atoms with van der Waals surface area (Å²) in [6, 6.07) is 95.0. The summed E-state index contributed by atoms with van der Waals surface area (Å²) in [5, 5.41) is 12.7. The molecule has 1 aromatic heterocycles. The molecule has 2 nitrogen and oxygen atoms in total. The van der Waals surface area contributed by atoms with Crippen LogP contribution in [0.15, 0.2) is 255 Å². The molecule has 0 saturated carbocycles. The molecule has 14 aromatic rings. The second kappa shape index (κ2) is 14.8. The van der Waals surface area contributed by atoms with E-state index in [-0.39, 0.29) is 0 Å². The molecule has 0 saturated heterocycles. The second-order valence-electron chi connectivity index (χ2n) is 19.7. The maximum absolute atomic E-state index is 5.19. The van der Waals surface area contributed by atoms with Crippen molar-refractivity contribution in [3.63, 3.8) is 0 Å². The van der Waals surface area contributed by atoms with Gasteiger partial charge in [0.25, 0.3) is 0 Å². The van der Waals surface area contributed by atoms with E-state index in [4.69, 9.17) is 4.98 Å². The van der Waals surface area contributed by atoms with Crippen LogP contribution in [-0.2, 0) is 5.41 Å². The number of nitrogens with zero attached hydrogens (tertiary/aromatic N) is 2. The van der Waals surface area contributed by atoms with Crippen LogP contribution in [0.3, 0.4) is 0 Å². The maximum atomic E-state index is 5.19. The van der Waals surface area contributed by atoms with E-state index in [1.165, 1.54) is 115 Å². The highest BCUT2D eigenvalue weighted by Gasteiger charge is 2.50. The molecule has 1 heterocycles. The Bertz CT molecular complexity index is 4570. The van der Waals surface area contributed by atoms with E-state index in [1.54, 1.807) is 0 Å². The van der Waals surface area contributed by atoms with Crippen molar-refractivity contribution < 1.29 is 0 Å². The number of para-hydroxylation sites is 3. The Labute approximate surface area is 416 Å². The van der Waals surface area contributed by atoms with Gasteiger partial charge in [-0.05, 0) is 169 Å². The van der Waals surface area contributed by atoms with E-state index in [1.807, 2.05) is 0 Å². The van der Waals surface area contributed by atoms with Crippen molar-refractivity contribution in [2.45, 2.75) is 5.41 Å². The Morgan fingerprint density at radius 1 is 0.306 bits per heavy atom. The third kappa shape index (κ3) is 5.36. The second-order valence-corrected chi connectivity index (χ2v) is 19.7. The van der Waals surface area contributed by atoms with Crippen molar-refractivity contribution >= 4 is 64.9 Å². The number of benzene rings is 13. The molecule has 2 heteroatoms. The first-order valence-electron chi connectivity index (χ1n) is 25.0. The molecule has 332 valence electrons. The molecular formula is C70H42N2. The minimum absolute atomic E-state index is 0.453. The number of imidazole rings is 1. The van der Waals surface area contributed by atoms with Gasteiger partial charge in [-0.25, -0.2) is 4.98 Å². The molecule has 1 spiro atoms. The first-order chi connectivity index (χ1) is 35.7. The molecule has 0 fully saturated rings. The molecule has 13 aromatic carbocycles. The van der Waals surface area contributed by atoms with Gasteiger partial charge in [0, 0.05) is 11.3 Å². The largest absolute Gasteiger partial charge is 0.292 e. The first-order valence-corrected chi connectivity index (χ1v) is 25.0. The average Bonchev–Trinajstić information content (AvgIpc) is 4.10. The summed E-state index contributed by atoms with van der Waals surface area (Å²) < 4.78 is 2.27. The van der Waals surface area contributed by atoms with Gasteiger partial charge in [0.15, 0.2) is 0 Å². The normalized spacial score (nSPS) is 13.1. The molecule has 0 atom stereocenters. The Morgan fingerprint density at radius 2 is 0.861 bits per heavy atom. The molecule has 2 aliphatic rings. The van der Waals surface area contributed by atoms with Crippen LogP contribution in [0.4, 0.5) is 0 Å². The van der Waals surface area contributed by atoms with E-state index in [0.717, 1.165) is 33.7 Å². The SMILES string of the molecule is c1ccc(-n2c(-c3ccc(-c4ccc5c(-c6cc7c8c(ccc9cccc(c98)C78c7ccccc7-c7ccccc78)c6)c6ccccc6c(-c6ccc7ccccc7c6)c5c4)cc3)nc3ccccc32)cc1. The average molecular weight is 911 g/mol. The van der Waals surface area contributed by atoms with Crippen LogP contribution in [0.2, 0.25) is 0 Å². The van der Waals surface area contributed by atoms with E-state index in [9.17, 15) is 0 Å². The standard InChI is InChI=1S/C70H42N2/c1-2-18-52(19-3-1)72-64-28-13-12-27-63(64)71-69(72)46-33-29-44(30-34-46)48-37-38-57-58(41-48)65(49-35-31-43-15-4-5-16-47(43)39-49)55-22-6-7-23-56(55)66(57)51-40-50-36-32-45-17-14-26-61-67(45)68(50)62(42-51)70(61)59-24-10-8-20-53(59)54-21-9-11-25-60(54)70/h1-42H. The fourth-order valence-electron chi connectivity index (χ4n) is 13.2. The van der Waals surface area contributed by atoms with Gasteiger partial charge < -0.3 is 0 Å². The molecule has 16 rings (SSSR count). The lowest BCUT2D eigenvalue weighted by molar-refractivity contribution is 0.797. The highest BCUT2D eigenvalue weighted by atomic mass is 15.1. The van der Waals surface area contributed by atoms with Gasteiger partial charge in [-0.1, -0.05) is 206 Å². The zero-order valence-electron chi connectivity index (χ0n) is 39.1. The zero-order chi connectivity index (χ0) is 47.1. The summed E-state index contributed by atoms with van der Waals surface area (Å²) in [6.45, 7) is 0.